The molecule has 1 aromatic carbocycles. The number of nitrogens with zero attached hydrogens (tertiary/aromatic N) is 5. The molecule has 0 aliphatic carbocycles. The number of aromatic nitrogens is 2. The number of hydrogen-bond donors (Lipinski definition) is 2. The minimum atomic E-state index is -0.0399. The number of aryl methyl sites for hydroxylation is 1. The van der Waals surface area contributed by atoms with E-state index in [1.807, 2.05) is 68.2 Å². The molecule has 2 N–H and O–H groups in total. The third-order valence-electron chi connectivity index (χ3n) is 5.38. The third-order valence-corrected chi connectivity index (χ3v) is 5.38. The maximum absolute atomic E-state index is 12.4. The molecular weight excluding hydrogens is 378 g/mol. The zero-order valence-electron chi connectivity index (χ0n) is 18.4. The summed E-state index contributed by atoms with van der Waals surface area (Å²) in [6.07, 6.45) is 5.15. The largest absolute Gasteiger partial charge is 0.352 e. The second-order valence-corrected chi connectivity index (χ2v) is 8.04. The Balaban J connectivity index is 1.53. The highest BCUT2D eigenvalue weighted by molar-refractivity contribution is 5.94. The lowest BCUT2D eigenvalue weighted by Crippen LogP contribution is -2.39. The molecule has 1 unspecified atom stereocenters. The molecule has 1 saturated heterocycles. The zero-order valence-corrected chi connectivity index (χ0v) is 18.4. The van der Waals surface area contributed by atoms with Crippen LogP contribution in [0.3, 0.4) is 0 Å². The van der Waals surface area contributed by atoms with Gasteiger partial charge >= 0.3 is 0 Å². The standard InChI is InChI=1S/C22H33N7O/c1-23-22(29-10-8-19(16-29)20-14-26-28(4)15-20)25-13-17-6-5-7-18(12-17)21(30)24-9-11-27(2)3/h5-7,12,14-15,19H,8-11,13,16H2,1-4H3,(H,23,25)(H,24,30). The number of benzene rings is 1. The maximum Gasteiger partial charge on any atom is 0.251 e. The van der Waals surface area contributed by atoms with Gasteiger partial charge in [-0.3, -0.25) is 14.5 Å². The normalized spacial score (nSPS) is 16.9. The summed E-state index contributed by atoms with van der Waals surface area (Å²) in [6.45, 7) is 3.97. The summed E-state index contributed by atoms with van der Waals surface area (Å²) < 4.78 is 1.86. The molecule has 30 heavy (non-hydrogen) atoms. The van der Waals surface area contributed by atoms with Crippen molar-refractivity contribution < 1.29 is 4.79 Å². The lowest BCUT2D eigenvalue weighted by atomic mass is 10.0. The first-order valence-electron chi connectivity index (χ1n) is 10.4. The van der Waals surface area contributed by atoms with E-state index in [-0.39, 0.29) is 5.91 Å². The molecule has 1 aliphatic heterocycles. The molecule has 0 bridgehead atoms. The van der Waals surface area contributed by atoms with E-state index in [1.54, 1.807) is 0 Å². The van der Waals surface area contributed by atoms with Gasteiger partial charge in [0, 0.05) is 64.5 Å². The fraction of sp³-hybridized carbons (Fsp3) is 0.500. The molecule has 1 aliphatic rings. The Hall–Kier alpha value is -2.87. The summed E-state index contributed by atoms with van der Waals surface area (Å²) in [5.74, 6) is 1.33. The van der Waals surface area contributed by atoms with Crippen molar-refractivity contribution in [2.75, 3.05) is 47.3 Å². The van der Waals surface area contributed by atoms with Crippen LogP contribution in [0, 0.1) is 0 Å². The Labute approximate surface area is 179 Å². The smallest absolute Gasteiger partial charge is 0.251 e. The fourth-order valence-electron chi connectivity index (χ4n) is 3.71. The number of aliphatic imine (C=N–C) groups is 1. The van der Waals surface area contributed by atoms with Crippen LogP contribution >= 0.6 is 0 Å². The molecule has 1 fully saturated rings. The SMILES string of the molecule is CN=C(NCc1cccc(C(=O)NCCN(C)C)c1)N1CCC(c2cnn(C)c2)C1. The summed E-state index contributed by atoms with van der Waals surface area (Å²) in [5.41, 5.74) is 3.02. The molecule has 162 valence electrons. The first kappa shape index (κ1) is 21.8. The zero-order chi connectivity index (χ0) is 21.5. The van der Waals surface area contributed by atoms with Crippen LogP contribution < -0.4 is 10.6 Å². The van der Waals surface area contributed by atoms with E-state index in [1.165, 1.54) is 5.56 Å². The van der Waals surface area contributed by atoms with Gasteiger partial charge in [0.2, 0.25) is 0 Å². The number of amides is 1. The van der Waals surface area contributed by atoms with E-state index in [4.69, 9.17) is 0 Å². The van der Waals surface area contributed by atoms with Crippen molar-refractivity contribution in [1.29, 1.82) is 0 Å². The number of rotatable bonds is 7. The molecule has 1 amide bonds. The van der Waals surface area contributed by atoms with E-state index in [0.29, 0.717) is 24.6 Å². The second kappa shape index (κ2) is 10.2. The minimum absolute atomic E-state index is 0.0399. The van der Waals surface area contributed by atoms with Crippen molar-refractivity contribution in [3.63, 3.8) is 0 Å². The van der Waals surface area contributed by atoms with Crippen molar-refractivity contribution in [1.82, 2.24) is 30.2 Å². The van der Waals surface area contributed by atoms with E-state index < -0.39 is 0 Å². The number of carbonyl (C=O) groups excluding carboxylic acids is 1. The quantitative estimate of drug-likeness (QED) is 0.530. The number of nitrogens with one attached hydrogen (secondary N) is 2. The Kier molecular flexibility index (Phi) is 7.46. The molecular formula is C22H33N7O. The van der Waals surface area contributed by atoms with Gasteiger partial charge in [-0.1, -0.05) is 12.1 Å². The van der Waals surface area contributed by atoms with Crippen molar-refractivity contribution in [2.24, 2.45) is 12.0 Å². The Morgan fingerprint density at radius 2 is 2.17 bits per heavy atom. The molecule has 0 radical (unpaired) electrons. The van der Waals surface area contributed by atoms with Crippen LogP contribution in [0.25, 0.3) is 0 Å². The van der Waals surface area contributed by atoms with Crippen molar-refractivity contribution >= 4 is 11.9 Å². The average Bonchev–Trinajstić information content (AvgIpc) is 3.38. The molecule has 8 heteroatoms. The molecule has 2 aromatic rings. The number of hydrogen-bond acceptors (Lipinski definition) is 4. The number of likely N-dealkylation sites (N-methyl/N-ethyl adjacent to an activating group) is 1. The van der Waals surface area contributed by atoms with Crippen LogP contribution in [0.5, 0.6) is 0 Å². The maximum atomic E-state index is 12.4. The van der Waals surface area contributed by atoms with Crippen LogP contribution in [-0.4, -0.2) is 78.8 Å². The van der Waals surface area contributed by atoms with Crippen molar-refractivity contribution in [3.8, 4) is 0 Å². The first-order chi connectivity index (χ1) is 14.5. The van der Waals surface area contributed by atoms with Crippen LogP contribution in [0.15, 0.2) is 41.7 Å². The minimum Gasteiger partial charge on any atom is -0.352 e. The van der Waals surface area contributed by atoms with Crippen molar-refractivity contribution in [2.45, 2.75) is 18.9 Å². The van der Waals surface area contributed by atoms with Crippen LogP contribution in [0.4, 0.5) is 0 Å². The van der Waals surface area contributed by atoms with Gasteiger partial charge < -0.3 is 20.4 Å². The molecule has 1 atom stereocenters. The van der Waals surface area contributed by atoms with Gasteiger partial charge in [0.1, 0.15) is 0 Å². The monoisotopic (exact) mass is 411 g/mol. The van der Waals surface area contributed by atoms with Gasteiger partial charge in [0.25, 0.3) is 5.91 Å². The van der Waals surface area contributed by atoms with Gasteiger partial charge in [-0.2, -0.15) is 5.10 Å². The summed E-state index contributed by atoms with van der Waals surface area (Å²) in [4.78, 5) is 21.2. The molecule has 8 nitrogen and oxygen atoms in total. The van der Waals surface area contributed by atoms with Crippen molar-refractivity contribution in [3.05, 3.63) is 53.3 Å². The third kappa shape index (κ3) is 5.82. The highest BCUT2D eigenvalue weighted by atomic mass is 16.1. The molecule has 0 saturated carbocycles. The van der Waals surface area contributed by atoms with Gasteiger partial charge in [-0.15, -0.1) is 0 Å². The summed E-state index contributed by atoms with van der Waals surface area (Å²) in [7, 11) is 7.75. The summed E-state index contributed by atoms with van der Waals surface area (Å²) in [5, 5.41) is 10.7. The second-order valence-electron chi connectivity index (χ2n) is 8.04. The lowest BCUT2D eigenvalue weighted by molar-refractivity contribution is 0.0951. The van der Waals surface area contributed by atoms with E-state index in [2.05, 4.69) is 31.8 Å². The Morgan fingerprint density at radius 1 is 1.33 bits per heavy atom. The fourth-order valence-corrected chi connectivity index (χ4v) is 3.71. The highest BCUT2D eigenvalue weighted by Crippen LogP contribution is 2.26. The lowest BCUT2D eigenvalue weighted by Gasteiger charge is -2.21. The molecule has 3 rings (SSSR count). The number of guanidine groups is 1. The molecule has 1 aromatic heterocycles. The Morgan fingerprint density at radius 3 is 2.87 bits per heavy atom. The van der Waals surface area contributed by atoms with Crippen LogP contribution in [0.1, 0.15) is 33.8 Å². The predicted octanol–water partition coefficient (Wildman–Crippen LogP) is 1.28. The summed E-state index contributed by atoms with van der Waals surface area (Å²) in [6, 6.07) is 7.74. The topological polar surface area (TPSA) is 77.8 Å². The van der Waals surface area contributed by atoms with Crippen LogP contribution in [-0.2, 0) is 13.6 Å². The van der Waals surface area contributed by atoms with E-state index in [9.17, 15) is 4.79 Å². The van der Waals surface area contributed by atoms with Gasteiger partial charge in [0.15, 0.2) is 5.96 Å². The van der Waals surface area contributed by atoms with E-state index in [0.717, 1.165) is 37.6 Å². The number of likely N-dealkylation sites (tertiary alicyclic amines) is 1. The molecule has 0 spiro atoms. The van der Waals surface area contributed by atoms with Gasteiger partial charge in [0.05, 0.1) is 6.20 Å². The molecule has 2 heterocycles. The van der Waals surface area contributed by atoms with Crippen LogP contribution in [0.2, 0.25) is 0 Å². The van der Waals surface area contributed by atoms with E-state index >= 15 is 0 Å². The highest BCUT2D eigenvalue weighted by Gasteiger charge is 2.26. The average molecular weight is 412 g/mol. The first-order valence-corrected chi connectivity index (χ1v) is 10.4. The Bertz CT molecular complexity index is 874. The summed E-state index contributed by atoms with van der Waals surface area (Å²) >= 11 is 0. The predicted molar refractivity (Wildman–Crippen MR) is 120 cm³/mol. The van der Waals surface area contributed by atoms with Gasteiger partial charge in [-0.25, -0.2) is 0 Å². The van der Waals surface area contributed by atoms with Gasteiger partial charge in [-0.05, 0) is 43.8 Å². The number of carbonyl (C=O) groups is 1.